The van der Waals surface area contributed by atoms with Crippen LogP contribution in [-0.2, 0) is 14.1 Å². The molecule has 29 heavy (non-hydrogen) atoms. The van der Waals surface area contributed by atoms with Crippen LogP contribution >= 0.6 is 7.75 Å². The van der Waals surface area contributed by atoms with Crippen molar-refractivity contribution in [2.45, 2.75) is 58.6 Å². The van der Waals surface area contributed by atoms with E-state index in [1.807, 2.05) is 37.3 Å². The van der Waals surface area contributed by atoms with Crippen LogP contribution in [0.1, 0.15) is 50.7 Å². The Morgan fingerprint density at radius 2 is 1.69 bits per heavy atom. The fraction of sp³-hybridized carbons (Fsp3) is 0.409. The summed E-state index contributed by atoms with van der Waals surface area (Å²) in [5, 5.41) is 2.71. The maximum absolute atomic E-state index is 13.6. The summed E-state index contributed by atoms with van der Waals surface area (Å²) in [5.41, 5.74) is 2.20. The van der Waals surface area contributed by atoms with Gasteiger partial charge >= 0.3 is 13.7 Å². The molecule has 0 radical (unpaired) electrons. The van der Waals surface area contributed by atoms with Crippen LogP contribution in [0.2, 0.25) is 0 Å². The van der Waals surface area contributed by atoms with Crippen molar-refractivity contribution in [1.29, 1.82) is 0 Å². The molecule has 1 saturated carbocycles. The topological polar surface area (TPSA) is 73.9 Å². The van der Waals surface area contributed by atoms with E-state index in [1.165, 1.54) is 0 Å². The highest BCUT2D eigenvalue weighted by molar-refractivity contribution is 7.52. The minimum Gasteiger partial charge on any atom is -0.462 e. The first-order valence-corrected chi connectivity index (χ1v) is 11.4. The zero-order chi connectivity index (χ0) is 21.0. The number of nitrogens with one attached hydrogen (secondary N) is 1. The van der Waals surface area contributed by atoms with Crippen LogP contribution in [0.4, 0.5) is 0 Å². The van der Waals surface area contributed by atoms with E-state index in [4.69, 9.17) is 13.8 Å². The summed E-state index contributed by atoms with van der Waals surface area (Å²) < 4.78 is 30.3. The molecule has 2 aromatic rings. The van der Waals surface area contributed by atoms with Gasteiger partial charge in [-0.15, -0.1) is 0 Å². The van der Waals surface area contributed by atoms with Gasteiger partial charge in [-0.25, -0.2) is 4.57 Å². The summed E-state index contributed by atoms with van der Waals surface area (Å²) in [6.45, 7) is 7.03. The molecule has 1 fully saturated rings. The van der Waals surface area contributed by atoms with Crippen molar-refractivity contribution in [2.75, 3.05) is 0 Å². The van der Waals surface area contributed by atoms with Gasteiger partial charge in [0.05, 0.1) is 6.10 Å². The van der Waals surface area contributed by atoms with Crippen molar-refractivity contribution in [3.05, 3.63) is 59.7 Å². The van der Waals surface area contributed by atoms with Crippen LogP contribution in [0.3, 0.4) is 0 Å². The van der Waals surface area contributed by atoms with E-state index in [0.29, 0.717) is 17.4 Å². The SMILES string of the molecule is Cc1ccc(OP(=O)(N[C@@H](C)C(=O)OC(C)C)Oc2cccc(C3CC3)c2)cc1. The molecule has 2 atom stereocenters. The van der Waals surface area contributed by atoms with Crippen LogP contribution in [0.15, 0.2) is 48.5 Å². The molecule has 0 aliphatic heterocycles. The van der Waals surface area contributed by atoms with Gasteiger partial charge in [-0.05, 0) is 76.3 Å². The second kappa shape index (κ2) is 9.02. The molecule has 6 nitrogen and oxygen atoms in total. The van der Waals surface area contributed by atoms with Gasteiger partial charge in [-0.1, -0.05) is 29.8 Å². The molecule has 0 bridgehead atoms. The van der Waals surface area contributed by atoms with E-state index in [9.17, 15) is 9.36 Å². The highest BCUT2D eigenvalue weighted by Gasteiger charge is 2.34. The third-order valence-corrected chi connectivity index (χ3v) is 6.04. The number of rotatable bonds is 9. The van der Waals surface area contributed by atoms with E-state index < -0.39 is 19.8 Å². The van der Waals surface area contributed by atoms with Gasteiger partial charge in [-0.3, -0.25) is 4.79 Å². The zero-order valence-corrected chi connectivity index (χ0v) is 18.1. The Bertz CT molecular complexity index is 892. The maximum Gasteiger partial charge on any atom is 0.513 e. The molecule has 0 spiro atoms. The summed E-state index contributed by atoms with van der Waals surface area (Å²) in [5.74, 6) is 0.822. The first-order chi connectivity index (χ1) is 13.7. The van der Waals surface area contributed by atoms with E-state index in [0.717, 1.165) is 24.0 Å². The number of hydrogen-bond acceptors (Lipinski definition) is 5. The highest BCUT2D eigenvalue weighted by Crippen LogP contribution is 2.47. The van der Waals surface area contributed by atoms with Crippen LogP contribution < -0.4 is 14.1 Å². The molecule has 156 valence electrons. The average molecular weight is 417 g/mol. The molecule has 3 rings (SSSR count). The molecular weight excluding hydrogens is 389 g/mol. The first kappa shape index (κ1) is 21.4. The number of benzene rings is 2. The Morgan fingerprint density at radius 3 is 2.31 bits per heavy atom. The van der Waals surface area contributed by atoms with Crippen molar-refractivity contribution in [3.63, 3.8) is 0 Å². The van der Waals surface area contributed by atoms with Crippen molar-refractivity contribution >= 4 is 13.7 Å². The quantitative estimate of drug-likeness (QED) is 0.437. The predicted molar refractivity (Wildman–Crippen MR) is 112 cm³/mol. The van der Waals surface area contributed by atoms with Crippen LogP contribution in [0, 0.1) is 6.92 Å². The summed E-state index contributed by atoms with van der Waals surface area (Å²) in [7, 11) is -3.91. The third kappa shape index (κ3) is 6.34. The Kier molecular flexibility index (Phi) is 6.66. The van der Waals surface area contributed by atoms with Crippen molar-refractivity contribution in [1.82, 2.24) is 5.09 Å². The molecule has 7 heteroatoms. The Morgan fingerprint density at radius 1 is 1.03 bits per heavy atom. The van der Waals surface area contributed by atoms with Gasteiger partial charge < -0.3 is 13.8 Å². The molecule has 2 aromatic carbocycles. The smallest absolute Gasteiger partial charge is 0.462 e. The molecule has 1 unspecified atom stereocenters. The number of aryl methyl sites for hydroxylation is 1. The fourth-order valence-corrected chi connectivity index (χ4v) is 4.33. The molecule has 0 aromatic heterocycles. The summed E-state index contributed by atoms with van der Waals surface area (Å²) >= 11 is 0. The lowest BCUT2D eigenvalue weighted by Gasteiger charge is -2.24. The van der Waals surface area contributed by atoms with Crippen LogP contribution in [-0.4, -0.2) is 18.1 Å². The molecule has 0 amide bonds. The van der Waals surface area contributed by atoms with Gasteiger partial charge in [0.1, 0.15) is 17.5 Å². The summed E-state index contributed by atoms with van der Waals surface area (Å²) in [4.78, 5) is 12.2. The van der Waals surface area contributed by atoms with E-state index in [2.05, 4.69) is 5.09 Å². The second-order valence-electron chi connectivity index (χ2n) is 7.68. The predicted octanol–water partition coefficient (Wildman–Crippen LogP) is 5.37. The second-order valence-corrected chi connectivity index (χ2v) is 9.29. The molecule has 0 heterocycles. The number of esters is 1. The summed E-state index contributed by atoms with van der Waals surface area (Å²) in [6.07, 6.45) is 2.02. The van der Waals surface area contributed by atoms with E-state index in [-0.39, 0.29) is 6.10 Å². The lowest BCUT2D eigenvalue weighted by Crippen LogP contribution is -2.36. The number of hydrogen-bond donors (Lipinski definition) is 1. The number of carbonyl (C=O) groups is 1. The Balaban J connectivity index is 1.81. The van der Waals surface area contributed by atoms with Crippen molar-refractivity contribution < 1.29 is 23.1 Å². The van der Waals surface area contributed by atoms with Crippen LogP contribution in [0.25, 0.3) is 0 Å². The van der Waals surface area contributed by atoms with Gasteiger partial charge in [0.15, 0.2) is 0 Å². The lowest BCUT2D eigenvalue weighted by atomic mass is 10.1. The monoisotopic (exact) mass is 417 g/mol. The van der Waals surface area contributed by atoms with E-state index in [1.54, 1.807) is 39.0 Å². The Labute approximate surface area is 172 Å². The van der Waals surface area contributed by atoms with Crippen LogP contribution in [0.5, 0.6) is 11.5 Å². The average Bonchev–Trinajstić information content (AvgIpc) is 3.48. The molecule has 1 N–H and O–H groups in total. The van der Waals surface area contributed by atoms with Gasteiger partial charge in [-0.2, -0.15) is 5.09 Å². The van der Waals surface area contributed by atoms with Crippen molar-refractivity contribution in [2.24, 2.45) is 0 Å². The third-order valence-electron chi connectivity index (χ3n) is 4.44. The maximum atomic E-state index is 13.6. The largest absolute Gasteiger partial charge is 0.513 e. The number of carbonyl (C=O) groups excluding carboxylic acids is 1. The molecule has 1 aliphatic rings. The minimum absolute atomic E-state index is 0.278. The molecule has 0 saturated heterocycles. The number of ether oxygens (including phenoxy) is 1. The van der Waals surface area contributed by atoms with Gasteiger partial charge in [0.25, 0.3) is 0 Å². The van der Waals surface area contributed by atoms with Crippen molar-refractivity contribution in [3.8, 4) is 11.5 Å². The van der Waals surface area contributed by atoms with Gasteiger partial charge in [0, 0.05) is 0 Å². The minimum atomic E-state index is -3.91. The standard InChI is InChI=1S/C22H28NO5P/c1-15(2)26-22(24)17(4)23-29(25,27-20-12-8-16(3)9-13-20)28-21-7-5-6-19(14-21)18-10-11-18/h5-9,12-15,17-18H,10-11H2,1-4H3,(H,23,25)/t17-,29?/m0/s1. The molecule has 1 aliphatic carbocycles. The zero-order valence-electron chi connectivity index (χ0n) is 17.3. The Hall–Kier alpha value is -2.30. The first-order valence-electron chi connectivity index (χ1n) is 9.88. The van der Waals surface area contributed by atoms with E-state index >= 15 is 0 Å². The summed E-state index contributed by atoms with van der Waals surface area (Å²) in [6, 6.07) is 13.8. The lowest BCUT2D eigenvalue weighted by molar-refractivity contribution is -0.149. The normalized spacial score (nSPS) is 16.7. The fourth-order valence-electron chi connectivity index (χ4n) is 2.81. The molecular formula is C22H28NO5P. The highest BCUT2D eigenvalue weighted by atomic mass is 31.2. The van der Waals surface area contributed by atoms with Gasteiger partial charge in [0.2, 0.25) is 0 Å².